The Bertz CT molecular complexity index is 261. The van der Waals surface area contributed by atoms with Gasteiger partial charge in [-0.05, 0) is 19.3 Å². The third-order valence-corrected chi connectivity index (χ3v) is 3.78. The number of carbonyl (C=O) groups is 1. The predicted molar refractivity (Wildman–Crippen MR) is 59.9 cm³/mol. The van der Waals surface area contributed by atoms with E-state index in [1.54, 1.807) is 4.90 Å². The van der Waals surface area contributed by atoms with Crippen LogP contribution in [0.2, 0.25) is 0 Å². The second kappa shape index (κ2) is 4.72. The quantitative estimate of drug-likeness (QED) is 0.728. The first-order valence-electron chi connectivity index (χ1n) is 6.27. The van der Waals surface area contributed by atoms with E-state index < -0.39 is 5.60 Å². The first-order chi connectivity index (χ1) is 7.59. The molecule has 16 heavy (non-hydrogen) atoms. The van der Waals surface area contributed by atoms with Crippen LogP contribution >= 0.6 is 0 Å². The van der Waals surface area contributed by atoms with Gasteiger partial charge in [-0.2, -0.15) is 0 Å². The molecule has 4 nitrogen and oxygen atoms in total. The first kappa shape index (κ1) is 11.9. The van der Waals surface area contributed by atoms with Crippen molar-refractivity contribution in [3.63, 3.8) is 0 Å². The van der Waals surface area contributed by atoms with Gasteiger partial charge in [-0.25, -0.2) is 0 Å². The number of amides is 1. The molecule has 0 spiro atoms. The smallest absolute Gasteiger partial charge is 0.225 e. The van der Waals surface area contributed by atoms with Gasteiger partial charge in [0.2, 0.25) is 5.91 Å². The third kappa shape index (κ3) is 2.74. The van der Waals surface area contributed by atoms with E-state index in [4.69, 9.17) is 0 Å². The van der Waals surface area contributed by atoms with E-state index in [9.17, 15) is 15.0 Å². The Morgan fingerprint density at radius 3 is 2.56 bits per heavy atom. The number of rotatable bonds is 2. The molecule has 1 saturated carbocycles. The number of aliphatic hydroxyl groups excluding tert-OH is 1. The largest absolute Gasteiger partial charge is 0.391 e. The first-order valence-corrected chi connectivity index (χ1v) is 6.27. The zero-order chi connectivity index (χ0) is 11.6. The number of nitrogens with zero attached hydrogens (tertiary/aromatic N) is 1. The van der Waals surface area contributed by atoms with Gasteiger partial charge in [-0.3, -0.25) is 4.79 Å². The summed E-state index contributed by atoms with van der Waals surface area (Å²) in [5.41, 5.74) is -0.775. The van der Waals surface area contributed by atoms with Gasteiger partial charge in [-0.1, -0.05) is 19.3 Å². The van der Waals surface area contributed by atoms with E-state index >= 15 is 0 Å². The van der Waals surface area contributed by atoms with Crippen LogP contribution in [0, 0.1) is 0 Å². The van der Waals surface area contributed by atoms with E-state index in [0.717, 1.165) is 25.7 Å². The molecule has 2 aliphatic rings. The summed E-state index contributed by atoms with van der Waals surface area (Å²) in [5.74, 6) is 0.000880. The van der Waals surface area contributed by atoms with E-state index in [-0.39, 0.29) is 18.4 Å². The van der Waals surface area contributed by atoms with Gasteiger partial charge in [0.05, 0.1) is 18.1 Å². The average Bonchev–Trinajstić information content (AvgIpc) is 2.65. The van der Waals surface area contributed by atoms with Gasteiger partial charge >= 0.3 is 0 Å². The van der Waals surface area contributed by atoms with Gasteiger partial charge in [0, 0.05) is 13.1 Å². The standard InChI is InChI=1S/C12H21NO3/c14-10-4-7-13(9-10)11(15)8-12(16)5-2-1-3-6-12/h10,14,16H,1-9H2/t10-/m1/s1. The molecule has 1 aliphatic carbocycles. The molecule has 1 saturated heterocycles. The molecule has 2 rings (SSSR count). The molecule has 2 N–H and O–H groups in total. The molecule has 0 bridgehead atoms. The van der Waals surface area contributed by atoms with E-state index in [1.165, 1.54) is 6.42 Å². The number of hydrogen-bond donors (Lipinski definition) is 2. The molecule has 0 radical (unpaired) electrons. The van der Waals surface area contributed by atoms with Crippen LogP contribution in [-0.2, 0) is 4.79 Å². The zero-order valence-electron chi connectivity index (χ0n) is 9.69. The van der Waals surface area contributed by atoms with Gasteiger partial charge < -0.3 is 15.1 Å². The van der Waals surface area contributed by atoms with Crippen molar-refractivity contribution in [2.45, 2.75) is 56.7 Å². The molecule has 4 heteroatoms. The molecule has 2 fully saturated rings. The normalized spacial score (nSPS) is 29.4. The Morgan fingerprint density at radius 2 is 2.00 bits per heavy atom. The summed E-state index contributed by atoms with van der Waals surface area (Å²) >= 11 is 0. The van der Waals surface area contributed by atoms with Crippen LogP contribution in [0.25, 0.3) is 0 Å². The fraction of sp³-hybridized carbons (Fsp3) is 0.917. The molecule has 1 amide bonds. The Balaban J connectivity index is 1.86. The van der Waals surface area contributed by atoms with Crippen LogP contribution in [0.5, 0.6) is 0 Å². The molecule has 0 aromatic rings. The van der Waals surface area contributed by atoms with E-state index in [0.29, 0.717) is 19.5 Å². The van der Waals surface area contributed by atoms with Gasteiger partial charge in [0.15, 0.2) is 0 Å². The number of hydrogen-bond acceptors (Lipinski definition) is 3. The van der Waals surface area contributed by atoms with Gasteiger partial charge in [-0.15, -0.1) is 0 Å². The number of aliphatic hydroxyl groups is 2. The SMILES string of the molecule is O=C(CC1(O)CCCCC1)N1CC[C@@H](O)C1. The summed E-state index contributed by atoms with van der Waals surface area (Å²) in [6, 6.07) is 0. The predicted octanol–water partition coefficient (Wildman–Crippen LogP) is 0.665. The minimum absolute atomic E-state index is 0.000880. The lowest BCUT2D eigenvalue weighted by Gasteiger charge is -2.32. The number of carbonyl (C=O) groups excluding carboxylic acids is 1. The maximum atomic E-state index is 11.9. The lowest BCUT2D eigenvalue weighted by atomic mass is 9.82. The van der Waals surface area contributed by atoms with Crippen molar-refractivity contribution in [2.24, 2.45) is 0 Å². The molecule has 1 heterocycles. The van der Waals surface area contributed by atoms with Crippen molar-refractivity contribution in [2.75, 3.05) is 13.1 Å². The average molecular weight is 227 g/mol. The Hall–Kier alpha value is -0.610. The van der Waals surface area contributed by atoms with Crippen molar-refractivity contribution in [3.8, 4) is 0 Å². The summed E-state index contributed by atoms with van der Waals surface area (Å²) in [4.78, 5) is 13.6. The van der Waals surface area contributed by atoms with Crippen LogP contribution in [0.4, 0.5) is 0 Å². The van der Waals surface area contributed by atoms with Crippen molar-refractivity contribution in [3.05, 3.63) is 0 Å². The Morgan fingerprint density at radius 1 is 1.31 bits per heavy atom. The Labute approximate surface area is 96.3 Å². The third-order valence-electron chi connectivity index (χ3n) is 3.78. The molecule has 0 aromatic carbocycles. The topological polar surface area (TPSA) is 60.8 Å². The summed E-state index contributed by atoms with van der Waals surface area (Å²) in [6.45, 7) is 1.07. The van der Waals surface area contributed by atoms with E-state index in [1.807, 2.05) is 0 Å². The lowest BCUT2D eigenvalue weighted by molar-refractivity contribution is -0.137. The van der Waals surface area contributed by atoms with Gasteiger partial charge in [0.25, 0.3) is 0 Å². The van der Waals surface area contributed by atoms with Crippen molar-refractivity contribution in [1.82, 2.24) is 4.90 Å². The highest BCUT2D eigenvalue weighted by molar-refractivity contribution is 5.77. The highest BCUT2D eigenvalue weighted by atomic mass is 16.3. The fourth-order valence-corrected chi connectivity index (χ4v) is 2.75. The Kier molecular flexibility index (Phi) is 3.50. The van der Waals surface area contributed by atoms with Crippen LogP contribution in [-0.4, -0.2) is 45.8 Å². The molecule has 1 atom stereocenters. The minimum Gasteiger partial charge on any atom is -0.391 e. The number of likely N-dealkylation sites (tertiary alicyclic amines) is 1. The van der Waals surface area contributed by atoms with Crippen molar-refractivity contribution in [1.29, 1.82) is 0 Å². The molecular formula is C12H21NO3. The second-order valence-corrected chi connectivity index (χ2v) is 5.24. The molecule has 1 aliphatic heterocycles. The van der Waals surface area contributed by atoms with Crippen LogP contribution in [0.15, 0.2) is 0 Å². The summed E-state index contributed by atoms with van der Waals surface area (Å²) < 4.78 is 0. The van der Waals surface area contributed by atoms with Gasteiger partial charge in [0.1, 0.15) is 0 Å². The fourth-order valence-electron chi connectivity index (χ4n) is 2.75. The maximum Gasteiger partial charge on any atom is 0.225 e. The monoisotopic (exact) mass is 227 g/mol. The summed E-state index contributed by atoms with van der Waals surface area (Å²) in [6.07, 6.45) is 5.23. The minimum atomic E-state index is -0.775. The highest BCUT2D eigenvalue weighted by Gasteiger charge is 2.34. The number of β-amino-alcohol motifs (C(OH)–C–C–N with tert-alkyl or cyclic N) is 1. The van der Waals surface area contributed by atoms with Crippen molar-refractivity contribution >= 4 is 5.91 Å². The molecular weight excluding hydrogens is 206 g/mol. The molecule has 0 unspecified atom stereocenters. The summed E-state index contributed by atoms with van der Waals surface area (Å²) in [7, 11) is 0. The van der Waals surface area contributed by atoms with E-state index in [2.05, 4.69) is 0 Å². The maximum absolute atomic E-state index is 11.9. The van der Waals surface area contributed by atoms with Crippen molar-refractivity contribution < 1.29 is 15.0 Å². The molecule has 0 aromatic heterocycles. The van der Waals surface area contributed by atoms with Crippen LogP contribution < -0.4 is 0 Å². The van der Waals surface area contributed by atoms with Crippen LogP contribution in [0.3, 0.4) is 0 Å². The summed E-state index contributed by atoms with van der Waals surface area (Å²) in [5, 5.41) is 19.6. The lowest BCUT2D eigenvalue weighted by Crippen LogP contribution is -2.40. The van der Waals surface area contributed by atoms with Crippen LogP contribution in [0.1, 0.15) is 44.9 Å². The highest BCUT2D eigenvalue weighted by Crippen LogP contribution is 2.31. The second-order valence-electron chi connectivity index (χ2n) is 5.24. The molecule has 92 valence electrons. The zero-order valence-corrected chi connectivity index (χ0v) is 9.69.